The lowest BCUT2D eigenvalue weighted by molar-refractivity contribution is 0.508. The highest BCUT2D eigenvalue weighted by molar-refractivity contribution is 7.71. The van der Waals surface area contributed by atoms with Crippen LogP contribution in [0.25, 0.3) is 10.2 Å². The van der Waals surface area contributed by atoms with Crippen molar-refractivity contribution in [3.8, 4) is 0 Å². The molecule has 5 nitrogen and oxygen atoms in total. The summed E-state index contributed by atoms with van der Waals surface area (Å²) < 4.78 is 4.27. The maximum absolute atomic E-state index is 13.0. The van der Waals surface area contributed by atoms with E-state index in [1.165, 1.54) is 10.4 Å². The molecular formula is C17H20N4OS2. The Bertz CT molecular complexity index is 981. The van der Waals surface area contributed by atoms with Crippen LogP contribution in [0.2, 0.25) is 0 Å². The van der Waals surface area contributed by atoms with Gasteiger partial charge in [-0.05, 0) is 49.4 Å². The minimum Gasteiger partial charge on any atom is -0.337 e. The van der Waals surface area contributed by atoms with Crippen LogP contribution in [0.4, 0.5) is 0 Å². The Morgan fingerprint density at radius 2 is 2.33 bits per heavy atom. The first-order chi connectivity index (χ1) is 11.6. The monoisotopic (exact) mass is 360 g/mol. The van der Waals surface area contributed by atoms with E-state index in [2.05, 4.69) is 16.9 Å². The molecule has 1 N–H and O–H groups in total. The number of H-pyrrole nitrogens is 1. The van der Waals surface area contributed by atoms with Gasteiger partial charge in [-0.2, -0.15) is 0 Å². The maximum atomic E-state index is 13.0. The number of imidazole rings is 1. The molecule has 0 aromatic carbocycles. The Labute approximate surface area is 149 Å². The zero-order valence-corrected chi connectivity index (χ0v) is 15.3. The predicted molar refractivity (Wildman–Crippen MR) is 99.3 cm³/mol. The summed E-state index contributed by atoms with van der Waals surface area (Å²) >= 11 is 7.15. The van der Waals surface area contributed by atoms with Crippen molar-refractivity contribution in [2.45, 2.75) is 45.7 Å². The number of fused-ring (bicyclic) bond motifs is 3. The van der Waals surface area contributed by atoms with Crippen molar-refractivity contribution >= 4 is 33.8 Å². The van der Waals surface area contributed by atoms with Gasteiger partial charge in [0.05, 0.1) is 11.7 Å². The fourth-order valence-corrected chi connectivity index (χ4v) is 5.23. The van der Waals surface area contributed by atoms with Crippen molar-refractivity contribution in [1.82, 2.24) is 19.1 Å². The third-order valence-electron chi connectivity index (χ3n) is 4.79. The molecule has 0 saturated heterocycles. The van der Waals surface area contributed by atoms with E-state index >= 15 is 0 Å². The molecule has 0 fully saturated rings. The fourth-order valence-electron chi connectivity index (χ4n) is 3.49. The number of aromatic amines is 1. The number of aryl methyl sites for hydroxylation is 2. The first-order valence-electron chi connectivity index (χ1n) is 8.36. The van der Waals surface area contributed by atoms with Crippen LogP contribution >= 0.6 is 23.6 Å². The molecule has 0 aliphatic heterocycles. The van der Waals surface area contributed by atoms with Crippen LogP contribution in [0.5, 0.6) is 0 Å². The summed E-state index contributed by atoms with van der Waals surface area (Å²) in [6.07, 6.45) is 9.59. The van der Waals surface area contributed by atoms with Gasteiger partial charge >= 0.3 is 0 Å². The number of nitrogens with zero attached hydrogens (tertiary/aromatic N) is 3. The zero-order chi connectivity index (χ0) is 16.7. The molecule has 3 heterocycles. The fraction of sp³-hybridized carbons (Fsp3) is 0.471. The minimum atomic E-state index is 0.0754. The molecule has 7 heteroatoms. The van der Waals surface area contributed by atoms with Crippen molar-refractivity contribution in [3.63, 3.8) is 0 Å². The molecule has 3 aromatic heterocycles. The maximum Gasteiger partial charge on any atom is 0.263 e. The second-order valence-electron chi connectivity index (χ2n) is 6.60. The number of thiophene rings is 1. The standard InChI is InChI=1S/C17H20N4OS2/c1-11-3-4-12-13(9-11)24-15-14(12)16(22)21(17(23)19-15)7-2-6-20-8-5-18-10-20/h5,8,10-11H,2-4,6-7,9H2,1H3,(H,19,23)/t11-/m1/s1. The summed E-state index contributed by atoms with van der Waals surface area (Å²) in [6, 6.07) is 0. The number of rotatable bonds is 4. The van der Waals surface area contributed by atoms with Crippen LogP contribution < -0.4 is 5.56 Å². The van der Waals surface area contributed by atoms with Crippen molar-refractivity contribution in [2.75, 3.05) is 0 Å². The highest BCUT2D eigenvalue weighted by Gasteiger charge is 2.23. The van der Waals surface area contributed by atoms with Gasteiger partial charge in [0.25, 0.3) is 5.56 Å². The van der Waals surface area contributed by atoms with Gasteiger partial charge in [0.2, 0.25) is 0 Å². The molecule has 126 valence electrons. The number of nitrogens with one attached hydrogen (secondary N) is 1. The molecule has 1 aliphatic rings. The lowest BCUT2D eigenvalue weighted by Gasteiger charge is -2.17. The van der Waals surface area contributed by atoms with E-state index in [1.807, 2.05) is 10.8 Å². The molecular weight excluding hydrogens is 340 g/mol. The molecule has 0 radical (unpaired) electrons. The Morgan fingerprint density at radius 1 is 1.46 bits per heavy atom. The van der Waals surface area contributed by atoms with Gasteiger partial charge < -0.3 is 9.55 Å². The second-order valence-corrected chi connectivity index (χ2v) is 8.09. The van der Waals surface area contributed by atoms with Gasteiger partial charge in [0.15, 0.2) is 4.77 Å². The van der Waals surface area contributed by atoms with Gasteiger partial charge in [0, 0.05) is 30.4 Å². The smallest absolute Gasteiger partial charge is 0.263 e. The Hall–Kier alpha value is -1.73. The summed E-state index contributed by atoms with van der Waals surface area (Å²) in [5.74, 6) is 0.700. The van der Waals surface area contributed by atoms with Crippen LogP contribution in [0.1, 0.15) is 30.2 Å². The molecule has 0 amide bonds. The van der Waals surface area contributed by atoms with Crippen molar-refractivity contribution < 1.29 is 0 Å². The molecule has 4 rings (SSSR count). The third-order valence-corrected chi connectivity index (χ3v) is 6.29. The lowest BCUT2D eigenvalue weighted by atomic mass is 9.89. The lowest BCUT2D eigenvalue weighted by Crippen LogP contribution is -2.23. The minimum absolute atomic E-state index is 0.0754. The number of hydrogen-bond donors (Lipinski definition) is 1. The molecule has 0 spiro atoms. The van der Waals surface area contributed by atoms with Gasteiger partial charge in [-0.15, -0.1) is 11.3 Å². The molecule has 0 unspecified atom stereocenters. The summed E-state index contributed by atoms with van der Waals surface area (Å²) in [7, 11) is 0. The molecule has 1 aliphatic carbocycles. The summed E-state index contributed by atoms with van der Waals surface area (Å²) in [5.41, 5.74) is 1.33. The Kier molecular flexibility index (Phi) is 4.14. The molecule has 24 heavy (non-hydrogen) atoms. The van der Waals surface area contributed by atoms with E-state index < -0.39 is 0 Å². The largest absolute Gasteiger partial charge is 0.337 e. The van der Waals surface area contributed by atoms with E-state index in [1.54, 1.807) is 28.4 Å². The van der Waals surface area contributed by atoms with E-state index in [0.717, 1.165) is 42.4 Å². The second kappa shape index (κ2) is 6.29. The molecule has 0 bridgehead atoms. The van der Waals surface area contributed by atoms with Gasteiger partial charge in [-0.3, -0.25) is 9.36 Å². The molecule has 3 aromatic rings. The average Bonchev–Trinajstić information content (AvgIpc) is 3.17. The Morgan fingerprint density at radius 3 is 3.12 bits per heavy atom. The normalized spacial score (nSPS) is 17.3. The molecule has 1 atom stereocenters. The van der Waals surface area contributed by atoms with Crippen LogP contribution in [-0.2, 0) is 25.9 Å². The highest BCUT2D eigenvalue weighted by atomic mass is 32.1. The van der Waals surface area contributed by atoms with Crippen LogP contribution in [0.15, 0.2) is 23.5 Å². The average molecular weight is 361 g/mol. The van der Waals surface area contributed by atoms with Crippen LogP contribution in [-0.4, -0.2) is 19.1 Å². The molecule has 0 saturated carbocycles. The topological polar surface area (TPSA) is 55.6 Å². The van der Waals surface area contributed by atoms with Crippen LogP contribution in [0, 0.1) is 10.7 Å². The van der Waals surface area contributed by atoms with Crippen LogP contribution in [0.3, 0.4) is 0 Å². The number of hydrogen-bond acceptors (Lipinski definition) is 4. The summed E-state index contributed by atoms with van der Waals surface area (Å²) in [5, 5.41) is 0.873. The van der Waals surface area contributed by atoms with E-state index in [0.29, 0.717) is 17.2 Å². The highest BCUT2D eigenvalue weighted by Crippen LogP contribution is 2.35. The van der Waals surface area contributed by atoms with Gasteiger partial charge in [-0.25, -0.2) is 4.98 Å². The first-order valence-corrected chi connectivity index (χ1v) is 9.59. The van der Waals surface area contributed by atoms with Gasteiger partial charge in [-0.1, -0.05) is 6.92 Å². The van der Waals surface area contributed by atoms with E-state index in [4.69, 9.17) is 12.2 Å². The quantitative estimate of drug-likeness (QED) is 0.724. The van der Waals surface area contributed by atoms with Gasteiger partial charge in [0.1, 0.15) is 4.83 Å². The Balaban J connectivity index is 1.68. The summed E-state index contributed by atoms with van der Waals surface area (Å²) in [6.45, 7) is 3.74. The zero-order valence-electron chi connectivity index (χ0n) is 13.6. The first kappa shape index (κ1) is 15.8. The summed E-state index contributed by atoms with van der Waals surface area (Å²) in [4.78, 5) is 22.7. The van der Waals surface area contributed by atoms with Crippen molar-refractivity contribution in [1.29, 1.82) is 0 Å². The SMILES string of the molecule is C[C@@H]1CCc2c(sc3[nH]c(=S)n(CCCn4ccnc4)c(=O)c23)C1. The van der Waals surface area contributed by atoms with E-state index in [-0.39, 0.29) is 5.56 Å². The van der Waals surface area contributed by atoms with Crippen molar-refractivity contribution in [2.24, 2.45) is 5.92 Å². The van der Waals surface area contributed by atoms with Crippen molar-refractivity contribution in [3.05, 3.63) is 44.3 Å². The van der Waals surface area contributed by atoms with E-state index in [9.17, 15) is 4.79 Å². The third kappa shape index (κ3) is 2.75. The number of aromatic nitrogens is 4. The predicted octanol–water partition coefficient (Wildman–Crippen LogP) is 3.53.